The van der Waals surface area contributed by atoms with Crippen molar-refractivity contribution in [1.82, 2.24) is 10.6 Å². The fraction of sp³-hybridized carbons (Fsp3) is 0.200. The quantitative estimate of drug-likeness (QED) is 0.593. The summed E-state index contributed by atoms with van der Waals surface area (Å²) in [5.41, 5.74) is 3.10. The molecule has 0 aliphatic rings. The molecule has 0 aliphatic carbocycles. The van der Waals surface area contributed by atoms with E-state index >= 15 is 0 Å². The first-order chi connectivity index (χ1) is 14.2. The smallest absolute Gasteiger partial charge is 0.242 e. The molecule has 0 fully saturated rings. The van der Waals surface area contributed by atoms with Gasteiger partial charge in [-0.2, -0.15) is 0 Å². The van der Waals surface area contributed by atoms with Crippen LogP contribution in [0.3, 0.4) is 0 Å². The molecule has 2 amide bonds. The fourth-order valence-corrected chi connectivity index (χ4v) is 3.18. The Morgan fingerprint density at radius 3 is 1.79 bits per heavy atom. The molecule has 29 heavy (non-hydrogen) atoms. The SMILES string of the molecule is O=C(Cc1ccccc1)NC(Cc1ccccc1)C(=O)NCCc1ccccc1. The molecule has 148 valence electrons. The molecule has 0 saturated carbocycles. The van der Waals surface area contributed by atoms with Crippen LogP contribution in [0.5, 0.6) is 0 Å². The van der Waals surface area contributed by atoms with Crippen LogP contribution in [-0.4, -0.2) is 24.4 Å². The number of benzene rings is 3. The molecule has 3 aromatic carbocycles. The standard InChI is InChI=1S/C25H26N2O2/c28-24(19-22-14-8-3-9-15-22)27-23(18-21-12-6-2-7-13-21)25(29)26-17-16-20-10-4-1-5-11-20/h1-15,23H,16-19H2,(H,26,29)(H,27,28). The molecule has 3 aromatic rings. The number of rotatable bonds is 9. The van der Waals surface area contributed by atoms with Crippen molar-refractivity contribution in [3.8, 4) is 0 Å². The molecule has 0 saturated heterocycles. The van der Waals surface area contributed by atoms with Crippen molar-refractivity contribution in [3.05, 3.63) is 108 Å². The molecule has 2 N–H and O–H groups in total. The second kappa shape index (κ2) is 10.8. The molecule has 0 heterocycles. The van der Waals surface area contributed by atoms with Crippen molar-refractivity contribution in [2.75, 3.05) is 6.54 Å². The highest BCUT2D eigenvalue weighted by Gasteiger charge is 2.21. The van der Waals surface area contributed by atoms with Gasteiger partial charge in [0.25, 0.3) is 0 Å². The third-order valence-electron chi connectivity index (χ3n) is 4.70. The lowest BCUT2D eigenvalue weighted by molar-refractivity contribution is -0.128. The van der Waals surface area contributed by atoms with Gasteiger partial charge in [0.15, 0.2) is 0 Å². The molecule has 0 aromatic heterocycles. The Kier molecular flexibility index (Phi) is 7.58. The third-order valence-corrected chi connectivity index (χ3v) is 4.70. The van der Waals surface area contributed by atoms with Gasteiger partial charge in [0.1, 0.15) is 6.04 Å². The van der Waals surface area contributed by atoms with Gasteiger partial charge in [0, 0.05) is 13.0 Å². The van der Waals surface area contributed by atoms with Crippen molar-refractivity contribution in [1.29, 1.82) is 0 Å². The Bertz CT molecular complexity index is 896. The van der Waals surface area contributed by atoms with Crippen LogP contribution in [0, 0.1) is 0 Å². The molecular weight excluding hydrogens is 360 g/mol. The van der Waals surface area contributed by atoms with Crippen molar-refractivity contribution in [3.63, 3.8) is 0 Å². The van der Waals surface area contributed by atoms with Crippen LogP contribution in [0.25, 0.3) is 0 Å². The maximum atomic E-state index is 12.8. The summed E-state index contributed by atoms with van der Waals surface area (Å²) in [6, 6.07) is 28.7. The highest BCUT2D eigenvalue weighted by atomic mass is 16.2. The lowest BCUT2D eigenvalue weighted by Crippen LogP contribution is -2.48. The maximum absolute atomic E-state index is 12.8. The third kappa shape index (κ3) is 6.92. The summed E-state index contributed by atoms with van der Waals surface area (Å²) in [4.78, 5) is 25.3. The average Bonchev–Trinajstić information content (AvgIpc) is 2.75. The van der Waals surface area contributed by atoms with Gasteiger partial charge < -0.3 is 10.6 Å². The minimum absolute atomic E-state index is 0.157. The monoisotopic (exact) mass is 386 g/mol. The van der Waals surface area contributed by atoms with E-state index in [4.69, 9.17) is 0 Å². The van der Waals surface area contributed by atoms with Crippen LogP contribution >= 0.6 is 0 Å². The van der Waals surface area contributed by atoms with E-state index in [1.165, 1.54) is 5.56 Å². The summed E-state index contributed by atoms with van der Waals surface area (Å²) in [6.45, 7) is 0.530. The Labute approximate surface area is 172 Å². The van der Waals surface area contributed by atoms with Gasteiger partial charge in [-0.25, -0.2) is 0 Å². The van der Waals surface area contributed by atoms with Gasteiger partial charge in [-0.1, -0.05) is 91.0 Å². The van der Waals surface area contributed by atoms with Gasteiger partial charge in [0.05, 0.1) is 6.42 Å². The number of amides is 2. The predicted octanol–water partition coefficient (Wildman–Crippen LogP) is 3.32. The highest BCUT2D eigenvalue weighted by Crippen LogP contribution is 2.06. The lowest BCUT2D eigenvalue weighted by atomic mass is 10.0. The molecule has 0 radical (unpaired) electrons. The van der Waals surface area contributed by atoms with Gasteiger partial charge in [-0.3, -0.25) is 9.59 Å². The summed E-state index contributed by atoms with van der Waals surface area (Å²) in [5, 5.41) is 5.88. The first kappa shape index (κ1) is 20.3. The van der Waals surface area contributed by atoms with Crippen molar-refractivity contribution < 1.29 is 9.59 Å². The van der Waals surface area contributed by atoms with Crippen LogP contribution in [0.4, 0.5) is 0 Å². The van der Waals surface area contributed by atoms with E-state index in [9.17, 15) is 9.59 Å². The minimum atomic E-state index is -0.607. The van der Waals surface area contributed by atoms with E-state index < -0.39 is 6.04 Å². The van der Waals surface area contributed by atoms with Gasteiger partial charge >= 0.3 is 0 Å². The van der Waals surface area contributed by atoms with Crippen molar-refractivity contribution >= 4 is 11.8 Å². The molecule has 3 rings (SSSR count). The van der Waals surface area contributed by atoms with Gasteiger partial charge in [-0.15, -0.1) is 0 Å². The largest absolute Gasteiger partial charge is 0.354 e. The average molecular weight is 386 g/mol. The Morgan fingerprint density at radius 2 is 1.21 bits per heavy atom. The second-order valence-corrected chi connectivity index (χ2v) is 7.00. The zero-order valence-electron chi connectivity index (χ0n) is 16.4. The Hall–Kier alpha value is -3.40. The van der Waals surface area contributed by atoms with Crippen LogP contribution in [0.1, 0.15) is 16.7 Å². The van der Waals surface area contributed by atoms with Crippen LogP contribution < -0.4 is 10.6 Å². The first-order valence-electron chi connectivity index (χ1n) is 9.89. The molecule has 0 bridgehead atoms. The minimum Gasteiger partial charge on any atom is -0.354 e. The zero-order valence-corrected chi connectivity index (χ0v) is 16.4. The topological polar surface area (TPSA) is 58.2 Å². The number of nitrogens with one attached hydrogen (secondary N) is 2. The molecule has 4 nitrogen and oxygen atoms in total. The number of hydrogen-bond acceptors (Lipinski definition) is 2. The summed E-state index contributed by atoms with van der Waals surface area (Å²) in [5.74, 6) is -0.318. The second-order valence-electron chi connectivity index (χ2n) is 7.00. The summed E-state index contributed by atoms with van der Waals surface area (Å²) < 4.78 is 0. The highest BCUT2D eigenvalue weighted by molar-refractivity contribution is 5.88. The van der Waals surface area contributed by atoms with E-state index in [0.717, 1.165) is 17.5 Å². The Balaban J connectivity index is 1.60. The summed E-state index contributed by atoms with van der Waals surface area (Å²) >= 11 is 0. The van der Waals surface area contributed by atoms with Crippen LogP contribution in [-0.2, 0) is 28.9 Å². The van der Waals surface area contributed by atoms with Crippen molar-refractivity contribution in [2.24, 2.45) is 0 Å². The van der Waals surface area contributed by atoms with Gasteiger partial charge in [-0.05, 0) is 23.1 Å². The lowest BCUT2D eigenvalue weighted by Gasteiger charge is -2.19. The van der Waals surface area contributed by atoms with Crippen molar-refractivity contribution in [2.45, 2.75) is 25.3 Å². The predicted molar refractivity (Wildman–Crippen MR) is 115 cm³/mol. The van der Waals surface area contributed by atoms with Crippen LogP contribution in [0.15, 0.2) is 91.0 Å². The van der Waals surface area contributed by atoms with Gasteiger partial charge in [0.2, 0.25) is 11.8 Å². The molecule has 1 unspecified atom stereocenters. The fourth-order valence-electron chi connectivity index (χ4n) is 3.18. The molecular formula is C25H26N2O2. The number of carbonyl (C=O) groups excluding carboxylic acids is 2. The van der Waals surface area contributed by atoms with E-state index in [0.29, 0.717) is 13.0 Å². The van der Waals surface area contributed by atoms with E-state index in [2.05, 4.69) is 10.6 Å². The molecule has 0 spiro atoms. The number of hydrogen-bond donors (Lipinski definition) is 2. The summed E-state index contributed by atoms with van der Waals surface area (Å²) in [6.07, 6.45) is 1.46. The first-order valence-corrected chi connectivity index (χ1v) is 9.89. The van der Waals surface area contributed by atoms with E-state index in [-0.39, 0.29) is 18.2 Å². The maximum Gasteiger partial charge on any atom is 0.242 e. The molecule has 0 aliphatic heterocycles. The molecule has 1 atom stereocenters. The summed E-state index contributed by atoms with van der Waals surface area (Å²) in [7, 11) is 0. The van der Waals surface area contributed by atoms with E-state index in [1.807, 2.05) is 91.0 Å². The number of carbonyl (C=O) groups is 2. The molecule has 4 heteroatoms. The zero-order chi connectivity index (χ0) is 20.3. The Morgan fingerprint density at radius 1 is 0.690 bits per heavy atom. The van der Waals surface area contributed by atoms with E-state index in [1.54, 1.807) is 0 Å². The normalized spacial score (nSPS) is 11.4. The van der Waals surface area contributed by atoms with Crippen LogP contribution in [0.2, 0.25) is 0 Å².